The van der Waals surface area contributed by atoms with Gasteiger partial charge in [0.25, 0.3) is 0 Å². The zero-order chi connectivity index (χ0) is 15.2. The molecule has 1 saturated carbocycles. The molecule has 0 aromatic heterocycles. The van der Waals surface area contributed by atoms with Gasteiger partial charge in [-0.3, -0.25) is 4.79 Å². The van der Waals surface area contributed by atoms with Crippen LogP contribution in [0.5, 0.6) is 0 Å². The van der Waals surface area contributed by atoms with Crippen LogP contribution in [0, 0.1) is 17.7 Å². The third-order valence-electron chi connectivity index (χ3n) is 4.44. The Hall–Kier alpha value is -1.22. The standard InChI is InChI=1S/C18H26FNO/c1-3-5-14-8-9-18(21)16(10-14)13-20(2)12-15-6-4-7-17(19)11-15/h4,6-7,11,14,16H,3,5,8-10,12-13H2,1-2H3. The lowest BCUT2D eigenvalue weighted by Gasteiger charge is -2.31. The fourth-order valence-corrected chi connectivity index (χ4v) is 3.44. The van der Waals surface area contributed by atoms with Crippen LogP contribution in [-0.4, -0.2) is 24.3 Å². The molecule has 0 radical (unpaired) electrons. The molecule has 2 unspecified atom stereocenters. The molecule has 0 bridgehead atoms. The molecule has 1 aromatic carbocycles. The zero-order valence-corrected chi connectivity index (χ0v) is 13.1. The van der Waals surface area contributed by atoms with Crippen molar-refractivity contribution in [2.45, 2.75) is 45.6 Å². The highest BCUT2D eigenvalue weighted by atomic mass is 19.1. The van der Waals surface area contributed by atoms with E-state index in [9.17, 15) is 9.18 Å². The molecule has 21 heavy (non-hydrogen) atoms. The maximum atomic E-state index is 13.2. The number of ketones is 1. The van der Waals surface area contributed by atoms with E-state index in [1.165, 1.54) is 18.9 Å². The number of benzene rings is 1. The minimum atomic E-state index is -0.197. The first-order chi connectivity index (χ1) is 10.1. The molecule has 3 heteroatoms. The average Bonchev–Trinajstić information content (AvgIpc) is 2.43. The summed E-state index contributed by atoms with van der Waals surface area (Å²) in [5, 5.41) is 0. The van der Waals surface area contributed by atoms with Gasteiger partial charge < -0.3 is 4.90 Å². The van der Waals surface area contributed by atoms with Crippen molar-refractivity contribution in [3.8, 4) is 0 Å². The Morgan fingerprint density at radius 3 is 2.90 bits per heavy atom. The first-order valence-electron chi connectivity index (χ1n) is 8.04. The lowest BCUT2D eigenvalue weighted by Crippen LogP contribution is -2.34. The van der Waals surface area contributed by atoms with Crippen LogP contribution >= 0.6 is 0 Å². The molecule has 1 aliphatic rings. The van der Waals surface area contributed by atoms with Gasteiger partial charge in [-0.1, -0.05) is 31.9 Å². The second kappa shape index (κ2) is 7.69. The van der Waals surface area contributed by atoms with Gasteiger partial charge in [0.2, 0.25) is 0 Å². The molecular weight excluding hydrogens is 265 g/mol. The Bertz CT molecular complexity index is 474. The van der Waals surface area contributed by atoms with Crippen molar-refractivity contribution in [3.05, 3.63) is 35.6 Å². The van der Waals surface area contributed by atoms with E-state index in [4.69, 9.17) is 0 Å². The van der Waals surface area contributed by atoms with Crippen molar-refractivity contribution in [2.24, 2.45) is 11.8 Å². The van der Waals surface area contributed by atoms with Gasteiger partial charge in [0.1, 0.15) is 11.6 Å². The van der Waals surface area contributed by atoms with E-state index in [0.29, 0.717) is 18.2 Å². The number of nitrogens with zero attached hydrogens (tertiary/aromatic N) is 1. The van der Waals surface area contributed by atoms with Gasteiger partial charge in [-0.25, -0.2) is 4.39 Å². The van der Waals surface area contributed by atoms with E-state index >= 15 is 0 Å². The van der Waals surface area contributed by atoms with Crippen molar-refractivity contribution in [1.82, 2.24) is 4.90 Å². The predicted molar refractivity (Wildman–Crippen MR) is 83.5 cm³/mol. The first kappa shape index (κ1) is 16.2. The monoisotopic (exact) mass is 291 g/mol. The molecule has 2 nitrogen and oxygen atoms in total. The van der Waals surface area contributed by atoms with E-state index < -0.39 is 0 Å². The molecule has 0 aliphatic heterocycles. The summed E-state index contributed by atoms with van der Waals surface area (Å²) in [5.74, 6) is 1.08. The Labute approximate surface area is 127 Å². The molecule has 0 spiro atoms. The van der Waals surface area contributed by atoms with Crippen molar-refractivity contribution in [2.75, 3.05) is 13.6 Å². The van der Waals surface area contributed by atoms with E-state index in [0.717, 1.165) is 31.4 Å². The van der Waals surface area contributed by atoms with Crippen LogP contribution in [-0.2, 0) is 11.3 Å². The highest BCUT2D eigenvalue weighted by molar-refractivity contribution is 5.81. The number of halogens is 1. The van der Waals surface area contributed by atoms with E-state index in [-0.39, 0.29) is 11.7 Å². The van der Waals surface area contributed by atoms with Crippen molar-refractivity contribution < 1.29 is 9.18 Å². The number of hydrogen-bond acceptors (Lipinski definition) is 2. The third-order valence-corrected chi connectivity index (χ3v) is 4.44. The first-order valence-corrected chi connectivity index (χ1v) is 8.04. The van der Waals surface area contributed by atoms with E-state index in [1.54, 1.807) is 12.1 Å². The summed E-state index contributed by atoms with van der Waals surface area (Å²) < 4.78 is 13.2. The van der Waals surface area contributed by atoms with Crippen molar-refractivity contribution >= 4 is 5.78 Å². The van der Waals surface area contributed by atoms with Gasteiger partial charge >= 0.3 is 0 Å². The fraction of sp³-hybridized carbons (Fsp3) is 0.611. The summed E-state index contributed by atoms with van der Waals surface area (Å²) in [6.45, 7) is 3.69. The van der Waals surface area contributed by atoms with E-state index in [2.05, 4.69) is 11.8 Å². The Morgan fingerprint density at radius 2 is 2.19 bits per heavy atom. The molecule has 0 heterocycles. The van der Waals surface area contributed by atoms with Crippen LogP contribution in [0.3, 0.4) is 0 Å². The molecule has 2 rings (SSSR count). The van der Waals surface area contributed by atoms with Crippen molar-refractivity contribution in [1.29, 1.82) is 0 Å². The molecule has 1 fully saturated rings. The maximum absolute atomic E-state index is 13.2. The highest BCUT2D eigenvalue weighted by Crippen LogP contribution is 2.30. The number of rotatable bonds is 6. The number of carbonyl (C=O) groups excluding carboxylic acids is 1. The number of carbonyl (C=O) groups is 1. The second-order valence-electron chi connectivity index (χ2n) is 6.42. The Balaban J connectivity index is 1.88. The highest BCUT2D eigenvalue weighted by Gasteiger charge is 2.28. The summed E-state index contributed by atoms with van der Waals surface area (Å²) in [5.41, 5.74) is 0.964. The maximum Gasteiger partial charge on any atom is 0.137 e. The van der Waals surface area contributed by atoms with Gasteiger partial charge in [0, 0.05) is 25.4 Å². The summed E-state index contributed by atoms with van der Waals surface area (Å²) in [7, 11) is 2.02. The molecule has 1 aliphatic carbocycles. The second-order valence-corrected chi connectivity index (χ2v) is 6.42. The SMILES string of the molecule is CCCC1CCC(=O)C(CN(C)Cc2cccc(F)c2)C1. The van der Waals surface area contributed by atoms with Crippen molar-refractivity contribution in [3.63, 3.8) is 0 Å². The third kappa shape index (κ3) is 4.92. The minimum Gasteiger partial charge on any atom is -0.301 e. The largest absolute Gasteiger partial charge is 0.301 e. The zero-order valence-electron chi connectivity index (χ0n) is 13.1. The molecule has 2 atom stereocenters. The molecular formula is C18H26FNO. The minimum absolute atomic E-state index is 0.161. The average molecular weight is 291 g/mol. The Morgan fingerprint density at radius 1 is 1.38 bits per heavy atom. The van der Waals surface area contributed by atoms with Crippen LogP contribution in [0.15, 0.2) is 24.3 Å². The van der Waals surface area contributed by atoms with Gasteiger partial charge in [-0.15, -0.1) is 0 Å². The van der Waals surface area contributed by atoms with Gasteiger partial charge in [0.15, 0.2) is 0 Å². The number of Topliss-reactive ketones (excluding diaryl/α,β-unsaturated/α-hetero) is 1. The van der Waals surface area contributed by atoms with Gasteiger partial charge in [-0.05, 0) is 43.5 Å². The van der Waals surface area contributed by atoms with Crippen LogP contribution < -0.4 is 0 Å². The van der Waals surface area contributed by atoms with Gasteiger partial charge in [-0.2, -0.15) is 0 Å². The molecule has 116 valence electrons. The summed E-state index contributed by atoms with van der Waals surface area (Å²) in [6, 6.07) is 6.70. The summed E-state index contributed by atoms with van der Waals surface area (Å²) >= 11 is 0. The van der Waals surface area contributed by atoms with Crippen LogP contribution in [0.2, 0.25) is 0 Å². The topological polar surface area (TPSA) is 20.3 Å². The summed E-state index contributed by atoms with van der Waals surface area (Å²) in [4.78, 5) is 14.2. The summed E-state index contributed by atoms with van der Waals surface area (Å²) in [6.07, 6.45) is 5.27. The molecule has 1 aromatic rings. The van der Waals surface area contributed by atoms with Gasteiger partial charge in [0.05, 0.1) is 0 Å². The lowest BCUT2D eigenvalue weighted by molar-refractivity contribution is -0.126. The smallest absolute Gasteiger partial charge is 0.137 e. The lowest BCUT2D eigenvalue weighted by atomic mass is 9.78. The quantitative estimate of drug-likeness (QED) is 0.788. The fourth-order valence-electron chi connectivity index (χ4n) is 3.44. The van der Waals surface area contributed by atoms with Crippen LogP contribution in [0.25, 0.3) is 0 Å². The molecule has 0 saturated heterocycles. The number of hydrogen-bond donors (Lipinski definition) is 0. The van der Waals surface area contributed by atoms with E-state index in [1.807, 2.05) is 13.1 Å². The van der Waals surface area contributed by atoms with Crippen LogP contribution in [0.4, 0.5) is 4.39 Å². The van der Waals surface area contributed by atoms with Crippen LogP contribution in [0.1, 0.15) is 44.6 Å². The predicted octanol–water partition coefficient (Wildman–Crippen LogP) is 4.04. The molecule has 0 amide bonds. The normalized spacial score (nSPS) is 22.8. The Kier molecular flexibility index (Phi) is 5.92. The molecule has 0 N–H and O–H groups in total.